The lowest BCUT2D eigenvalue weighted by molar-refractivity contribution is -0.116. The summed E-state index contributed by atoms with van der Waals surface area (Å²) in [5.41, 5.74) is 3.45. The predicted octanol–water partition coefficient (Wildman–Crippen LogP) is 5.58. The van der Waals surface area contributed by atoms with Gasteiger partial charge in [-0.1, -0.05) is 48.0 Å². The molecule has 1 aliphatic rings. The Balaban J connectivity index is 1.30. The van der Waals surface area contributed by atoms with Crippen LogP contribution in [-0.2, 0) is 20.7 Å². The lowest BCUT2D eigenvalue weighted by Gasteiger charge is -2.30. The summed E-state index contributed by atoms with van der Waals surface area (Å²) in [5, 5.41) is 8.82. The van der Waals surface area contributed by atoms with Crippen LogP contribution in [0.15, 0.2) is 67.0 Å². The number of nitrogens with zero attached hydrogens (tertiary/aromatic N) is 1. The van der Waals surface area contributed by atoms with Crippen molar-refractivity contribution in [3.63, 3.8) is 0 Å². The van der Waals surface area contributed by atoms with Gasteiger partial charge in [0.2, 0.25) is 5.91 Å². The number of morpholine rings is 1. The van der Waals surface area contributed by atoms with Gasteiger partial charge in [-0.2, -0.15) is 0 Å². The number of carbonyl (C=O) groups excluding carboxylic acids is 2. The molecular weight excluding hydrogens is 594 g/mol. The van der Waals surface area contributed by atoms with Crippen LogP contribution in [-0.4, -0.2) is 68.5 Å². The van der Waals surface area contributed by atoms with E-state index >= 15 is 0 Å². The van der Waals surface area contributed by atoms with Crippen LogP contribution in [0.2, 0.25) is 5.02 Å². The minimum Gasteiger partial charge on any atom is -0.495 e. The zero-order chi connectivity index (χ0) is 31.5. The maximum absolute atomic E-state index is 13.4. The van der Waals surface area contributed by atoms with Crippen LogP contribution >= 0.6 is 11.6 Å². The second kappa shape index (κ2) is 15.8. The van der Waals surface area contributed by atoms with E-state index in [2.05, 4.69) is 15.6 Å². The smallest absolute Gasteiger partial charge is 0.407 e. The van der Waals surface area contributed by atoms with Crippen molar-refractivity contribution in [2.75, 3.05) is 38.7 Å². The van der Waals surface area contributed by atoms with Crippen LogP contribution in [0.3, 0.4) is 0 Å². The van der Waals surface area contributed by atoms with Gasteiger partial charge in [0.1, 0.15) is 12.4 Å². The number of anilines is 1. The van der Waals surface area contributed by atoms with E-state index in [4.69, 9.17) is 25.8 Å². The Morgan fingerprint density at radius 1 is 1.18 bits per heavy atom. The van der Waals surface area contributed by atoms with Crippen molar-refractivity contribution in [2.24, 2.45) is 0 Å². The molecule has 2 heterocycles. The van der Waals surface area contributed by atoms with E-state index in [1.54, 1.807) is 25.6 Å². The quantitative estimate of drug-likeness (QED) is 0.226. The van der Waals surface area contributed by atoms with E-state index < -0.39 is 18.6 Å². The molecule has 1 aliphatic heterocycles. The number of hydrogen-bond donors (Lipinski definition) is 3. The summed E-state index contributed by atoms with van der Waals surface area (Å²) in [4.78, 5) is 29.2. The van der Waals surface area contributed by atoms with Gasteiger partial charge in [-0.05, 0) is 47.7 Å². The number of carbonyl (C=O) groups is 2. The monoisotopic (exact) mass is 630 g/mol. The summed E-state index contributed by atoms with van der Waals surface area (Å²) in [6, 6.07) is 17.0. The van der Waals surface area contributed by atoms with E-state index in [1.165, 1.54) is 0 Å². The van der Waals surface area contributed by atoms with Gasteiger partial charge in [0, 0.05) is 32.0 Å². The van der Waals surface area contributed by atoms with Crippen LogP contribution < -0.4 is 20.7 Å². The Hall–Kier alpha value is -3.80. The molecule has 0 bridgehead atoms. The third-order valence-electron chi connectivity index (χ3n) is 7.22. The predicted molar refractivity (Wildman–Crippen MR) is 164 cm³/mol. The largest absolute Gasteiger partial charge is 0.495 e. The maximum atomic E-state index is 13.4. The fraction of sp³-hybridized carbons (Fsp3) is 0.406. The Bertz CT molecular complexity index is 1380. The number of pyridine rings is 1. The highest BCUT2D eigenvalue weighted by atomic mass is 35.5. The van der Waals surface area contributed by atoms with Gasteiger partial charge < -0.3 is 30.2 Å². The Morgan fingerprint density at radius 3 is 2.66 bits per heavy atom. The molecular formula is C32H37ClF2N4O5. The number of alkyl halides is 2. The molecule has 3 atom stereocenters. The topological polar surface area (TPSA) is 111 Å². The van der Waals surface area contributed by atoms with Crippen LogP contribution in [0.4, 0.5) is 19.3 Å². The Kier molecular flexibility index (Phi) is 11.9. The van der Waals surface area contributed by atoms with Crippen molar-refractivity contribution >= 4 is 29.3 Å². The minimum atomic E-state index is -3.01. The van der Waals surface area contributed by atoms with Gasteiger partial charge >= 0.3 is 6.09 Å². The number of benzene rings is 2. The van der Waals surface area contributed by atoms with Crippen molar-refractivity contribution in [2.45, 2.75) is 50.2 Å². The molecule has 1 aromatic heterocycles. The summed E-state index contributed by atoms with van der Waals surface area (Å²) in [7, 11) is 1.56. The molecule has 1 saturated heterocycles. The van der Waals surface area contributed by atoms with Crippen LogP contribution in [0.25, 0.3) is 0 Å². The number of halogens is 3. The molecule has 3 N–H and O–H groups in total. The average Bonchev–Trinajstić information content (AvgIpc) is 3.02. The molecule has 12 heteroatoms. The summed E-state index contributed by atoms with van der Waals surface area (Å²) in [6.07, 6.45) is 3.83. The van der Waals surface area contributed by atoms with E-state index in [-0.39, 0.29) is 37.0 Å². The van der Waals surface area contributed by atoms with Crippen LogP contribution in [0.1, 0.15) is 42.4 Å². The standard InChI is InChI=1S/C32H37ClF2N4O5/c1-32(34,35)20-38-31(41)44-19-24-18-43-25(16-37-24)10-8-22-12-13-36-17-28(22)39-30(40)15-26(21-6-4-3-5-7-21)23-9-11-29(42-2)27(33)14-23/h3-7,9,11-14,17,24-26,37H,8,10,15-16,18-20H2,1-2H3,(H,38,41)(H,39,40)/t24-,25+,26+/m0/s1. The normalized spacial score (nSPS) is 17.4. The van der Waals surface area contributed by atoms with Crippen LogP contribution in [0, 0.1) is 0 Å². The average molecular weight is 631 g/mol. The molecule has 44 heavy (non-hydrogen) atoms. The number of hydrogen-bond acceptors (Lipinski definition) is 7. The summed E-state index contributed by atoms with van der Waals surface area (Å²) in [5.74, 6) is -2.83. The van der Waals surface area contributed by atoms with E-state index in [1.807, 2.05) is 53.8 Å². The fourth-order valence-electron chi connectivity index (χ4n) is 4.89. The highest BCUT2D eigenvalue weighted by molar-refractivity contribution is 6.32. The van der Waals surface area contributed by atoms with Gasteiger partial charge in [-0.25, -0.2) is 13.6 Å². The van der Waals surface area contributed by atoms with E-state index in [0.717, 1.165) is 23.6 Å². The Morgan fingerprint density at radius 2 is 1.98 bits per heavy atom. The fourth-order valence-corrected chi connectivity index (χ4v) is 5.15. The molecule has 1 fully saturated rings. The molecule has 0 aliphatic carbocycles. The summed E-state index contributed by atoms with van der Waals surface area (Å²) in [6.45, 7) is 0.762. The summed E-state index contributed by atoms with van der Waals surface area (Å²) >= 11 is 6.41. The highest BCUT2D eigenvalue weighted by Crippen LogP contribution is 2.34. The zero-order valence-electron chi connectivity index (χ0n) is 24.7. The zero-order valence-corrected chi connectivity index (χ0v) is 25.4. The van der Waals surface area contributed by atoms with E-state index in [9.17, 15) is 18.4 Å². The lowest BCUT2D eigenvalue weighted by atomic mass is 9.88. The minimum absolute atomic E-state index is 0.00107. The second-order valence-corrected chi connectivity index (χ2v) is 11.2. The lowest BCUT2D eigenvalue weighted by Crippen LogP contribution is -2.49. The molecule has 3 aromatic rings. The van der Waals surface area contributed by atoms with Crippen molar-refractivity contribution in [3.05, 3.63) is 88.7 Å². The number of nitrogens with one attached hydrogen (secondary N) is 3. The number of methoxy groups -OCH3 is 1. The molecule has 2 amide bonds. The SMILES string of the molecule is COc1ccc([C@H](CC(=O)Nc2cnccc2CC[C@@H]2CN[C@H](COC(=O)NCC(C)(F)F)CO2)c2ccccc2)cc1Cl. The molecule has 0 saturated carbocycles. The molecule has 2 aromatic carbocycles. The third kappa shape index (κ3) is 10.1. The molecule has 9 nitrogen and oxygen atoms in total. The first-order chi connectivity index (χ1) is 21.1. The number of aromatic nitrogens is 1. The highest BCUT2D eigenvalue weighted by Gasteiger charge is 2.25. The van der Waals surface area contributed by atoms with Crippen molar-refractivity contribution < 1.29 is 32.6 Å². The number of amides is 2. The first-order valence-electron chi connectivity index (χ1n) is 14.4. The van der Waals surface area contributed by atoms with Crippen LogP contribution in [0.5, 0.6) is 5.75 Å². The molecule has 4 rings (SSSR count). The number of alkyl carbamates (subject to hydrolysis) is 1. The molecule has 236 valence electrons. The molecule has 0 unspecified atom stereocenters. The first kappa shape index (κ1) is 33.1. The van der Waals surface area contributed by atoms with Gasteiger partial charge in [0.25, 0.3) is 5.92 Å². The number of ether oxygens (including phenoxy) is 3. The van der Waals surface area contributed by atoms with Crippen molar-refractivity contribution in [1.29, 1.82) is 0 Å². The van der Waals surface area contributed by atoms with Gasteiger partial charge in [-0.3, -0.25) is 9.78 Å². The van der Waals surface area contributed by atoms with Gasteiger partial charge in [-0.15, -0.1) is 0 Å². The Labute approximate surface area is 260 Å². The van der Waals surface area contributed by atoms with Crippen molar-refractivity contribution in [3.8, 4) is 5.75 Å². The number of rotatable bonds is 13. The molecule has 0 spiro atoms. The summed E-state index contributed by atoms with van der Waals surface area (Å²) < 4.78 is 42.0. The third-order valence-corrected chi connectivity index (χ3v) is 7.51. The first-order valence-corrected chi connectivity index (χ1v) is 14.7. The molecule has 0 radical (unpaired) electrons. The van der Waals surface area contributed by atoms with Gasteiger partial charge in [0.15, 0.2) is 0 Å². The van der Waals surface area contributed by atoms with E-state index in [0.29, 0.717) is 42.5 Å². The van der Waals surface area contributed by atoms with Crippen molar-refractivity contribution in [1.82, 2.24) is 15.6 Å². The number of aryl methyl sites for hydroxylation is 1. The van der Waals surface area contributed by atoms with Gasteiger partial charge in [0.05, 0.1) is 49.3 Å². The maximum Gasteiger partial charge on any atom is 0.407 e. The second-order valence-electron chi connectivity index (χ2n) is 10.8.